The van der Waals surface area contributed by atoms with Crippen molar-refractivity contribution >= 4 is 62.3 Å². The van der Waals surface area contributed by atoms with Crippen LogP contribution in [0.1, 0.15) is 18.1 Å². The highest BCUT2D eigenvalue weighted by Crippen LogP contribution is 2.29. The number of sulfonamides is 1. The lowest BCUT2D eigenvalue weighted by molar-refractivity contribution is -0.139. The molecule has 7 nitrogen and oxygen atoms in total. The van der Waals surface area contributed by atoms with Crippen LogP contribution in [0.25, 0.3) is 0 Å². The lowest BCUT2D eigenvalue weighted by atomic mass is 10.1. The van der Waals surface area contributed by atoms with Gasteiger partial charge in [-0.2, -0.15) is 0 Å². The lowest BCUT2D eigenvalue weighted by Crippen LogP contribution is -2.50. The van der Waals surface area contributed by atoms with Crippen molar-refractivity contribution in [3.8, 4) is 0 Å². The van der Waals surface area contributed by atoms with Gasteiger partial charge < -0.3 is 10.2 Å². The van der Waals surface area contributed by atoms with Crippen LogP contribution in [-0.2, 0) is 26.2 Å². The van der Waals surface area contributed by atoms with E-state index >= 15 is 0 Å². The monoisotopic (exact) mass is 519 g/mol. The van der Waals surface area contributed by atoms with Gasteiger partial charge >= 0.3 is 0 Å². The molecule has 11 heteroatoms. The normalized spacial score (nSPS) is 12.2. The molecule has 0 saturated carbocycles. The molecule has 0 aliphatic carbocycles. The van der Waals surface area contributed by atoms with Gasteiger partial charge in [-0.15, -0.1) is 0 Å². The number of hydrogen-bond acceptors (Lipinski definition) is 4. The van der Waals surface area contributed by atoms with Gasteiger partial charge in [-0.1, -0.05) is 46.9 Å². The highest BCUT2D eigenvalue weighted by molar-refractivity contribution is 7.92. The lowest BCUT2D eigenvalue weighted by Gasteiger charge is -2.32. The summed E-state index contributed by atoms with van der Waals surface area (Å²) in [5, 5.41) is 3.51. The fourth-order valence-electron chi connectivity index (χ4n) is 3.11. The maximum absolute atomic E-state index is 13.4. The molecule has 32 heavy (non-hydrogen) atoms. The Hall–Kier alpha value is -2.00. The second-order valence-electron chi connectivity index (χ2n) is 7.17. The molecule has 2 amide bonds. The van der Waals surface area contributed by atoms with Gasteiger partial charge in [0.25, 0.3) is 0 Å². The number of benzene rings is 2. The standard InChI is InChI=1S/C21H24Cl3N3O4S/c1-13-16(22)7-6-10-19(13)27(32(4,30)31)12-20(28)26(14(2)21(29)25-3)11-15-17(23)8-5-9-18(15)24/h5-10,14H,11-12H2,1-4H3,(H,25,29). The van der Waals surface area contributed by atoms with E-state index in [9.17, 15) is 18.0 Å². The van der Waals surface area contributed by atoms with Crippen LogP contribution in [0.3, 0.4) is 0 Å². The zero-order valence-corrected chi connectivity index (χ0v) is 21.1. The van der Waals surface area contributed by atoms with Gasteiger partial charge in [0, 0.05) is 34.2 Å². The van der Waals surface area contributed by atoms with Crippen molar-refractivity contribution in [2.24, 2.45) is 0 Å². The number of carbonyl (C=O) groups excluding carboxylic acids is 2. The number of amides is 2. The molecule has 1 atom stereocenters. The topological polar surface area (TPSA) is 86.8 Å². The van der Waals surface area contributed by atoms with Gasteiger partial charge in [-0.3, -0.25) is 13.9 Å². The molecular weight excluding hydrogens is 497 g/mol. The second kappa shape index (κ2) is 10.7. The van der Waals surface area contributed by atoms with Crippen LogP contribution >= 0.6 is 34.8 Å². The smallest absolute Gasteiger partial charge is 0.244 e. The van der Waals surface area contributed by atoms with Gasteiger partial charge in [-0.05, 0) is 43.7 Å². The largest absolute Gasteiger partial charge is 0.357 e. The van der Waals surface area contributed by atoms with E-state index in [1.165, 1.54) is 18.9 Å². The van der Waals surface area contributed by atoms with Crippen LogP contribution in [-0.4, -0.2) is 51.0 Å². The third-order valence-corrected chi connectivity index (χ3v) is 7.23. The van der Waals surface area contributed by atoms with Crippen molar-refractivity contribution in [1.82, 2.24) is 10.2 Å². The third-order valence-electron chi connectivity index (χ3n) is 4.99. The molecule has 0 fully saturated rings. The number of carbonyl (C=O) groups is 2. The fourth-order valence-corrected chi connectivity index (χ4v) is 4.69. The van der Waals surface area contributed by atoms with E-state index < -0.39 is 34.4 Å². The third kappa shape index (κ3) is 6.07. The summed E-state index contributed by atoms with van der Waals surface area (Å²) in [4.78, 5) is 27.0. The molecule has 0 bridgehead atoms. The van der Waals surface area contributed by atoms with Crippen molar-refractivity contribution < 1.29 is 18.0 Å². The molecule has 0 spiro atoms. The maximum Gasteiger partial charge on any atom is 0.244 e. The van der Waals surface area contributed by atoms with Crippen molar-refractivity contribution in [2.45, 2.75) is 26.4 Å². The molecule has 0 heterocycles. The number of nitrogens with one attached hydrogen (secondary N) is 1. The van der Waals surface area contributed by atoms with Crippen LogP contribution in [0.4, 0.5) is 5.69 Å². The van der Waals surface area contributed by atoms with Crippen molar-refractivity contribution in [1.29, 1.82) is 0 Å². The molecule has 0 aliphatic heterocycles. The Labute approximate surface area is 203 Å². The number of rotatable bonds is 8. The molecule has 174 valence electrons. The highest BCUT2D eigenvalue weighted by Gasteiger charge is 2.31. The molecule has 0 aliphatic rings. The Balaban J connectivity index is 2.49. The van der Waals surface area contributed by atoms with Gasteiger partial charge in [0.2, 0.25) is 21.8 Å². The zero-order valence-electron chi connectivity index (χ0n) is 18.0. The first-order valence-electron chi connectivity index (χ1n) is 9.55. The SMILES string of the molecule is CNC(=O)C(C)N(Cc1c(Cl)cccc1Cl)C(=O)CN(c1cccc(Cl)c1C)S(C)(=O)=O. The number of nitrogens with zero attached hydrogens (tertiary/aromatic N) is 2. The minimum absolute atomic E-state index is 0.0853. The summed E-state index contributed by atoms with van der Waals surface area (Å²) in [6, 6.07) is 8.77. The first-order chi connectivity index (χ1) is 14.9. The Morgan fingerprint density at radius 2 is 1.56 bits per heavy atom. The van der Waals surface area contributed by atoms with E-state index in [0.29, 0.717) is 26.2 Å². The zero-order chi connectivity index (χ0) is 24.2. The van der Waals surface area contributed by atoms with Gasteiger partial charge in [0.15, 0.2) is 0 Å². The van der Waals surface area contributed by atoms with E-state index in [-0.39, 0.29) is 12.2 Å². The number of hydrogen-bond donors (Lipinski definition) is 1. The summed E-state index contributed by atoms with van der Waals surface area (Å²) in [7, 11) is -2.41. The van der Waals surface area contributed by atoms with E-state index in [4.69, 9.17) is 34.8 Å². The van der Waals surface area contributed by atoms with Crippen LogP contribution in [0.2, 0.25) is 15.1 Å². The highest BCUT2D eigenvalue weighted by atomic mass is 35.5. The summed E-state index contributed by atoms with van der Waals surface area (Å²) >= 11 is 18.7. The van der Waals surface area contributed by atoms with E-state index in [2.05, 4.69) is 5.32 Å². The molecule has 2 aromatic rings. The molecule has 2 rings (SSSR count). The summed E-state index contributed by atoms with van der Waals surface area (Å²) in [6.07, 6.45) is 0.998. The van der Waals surface area contributed by atoms with Crippen molar-refractivity contribution in [3.63, 3.8) is 0 Å². The quantitative estimate of drug-likeness (QED) is 0.572. The maximum atomic E-state index is 13.4. The van der Waals surface area contributed by atoms with E-state index in [0.717, 1.165) is 10.6 Å². The van der Waals surface area contributed by atoms with Crippen molar-refractivity contribution in [2.75, 3.05) is 24.2 Å². The minimum atomic E-state index is -3.85. The molecule has 0 aromatic heterocycles. The predicted molar refractivity (Wildman–Crippen MR) is 129 cm³/mol. The summed E-state index contributed by atoms with van der Waals surface area (Å²) in [6.45, 7) is 2.58. The number of halogens is 3. The van der Waals surface area contributed by atoms with E-state index in [1.54, 1.807) is 43.3 Å². The molecule has 2 aromatic carbocycles. The second-order valence-corrected chi connectivity index (χ2v) is 10.3. The Morgan fingerprint density at radius 1 is 1.03 bits per heavy atom. The van der Waals surface area contributed by atoms with Gasteiger partial charge in [-0.25, -0.2) is 8.42 Å². The van der Waals surface area contributed by atoms with E-state index in [1.807, 2.05) is 0 Å². The summed E-state index contributed by atoms with van der Waals surface area (Å²) in [5.41, 5.74) is 1.23. The first kappa shape index (κ1) is 26.3. The molecule has 1 N–H and O–H groups in total. The summed E-state index contributed by atoms with van der Waals surface area (Å²) in [5.74, 6) is -1.03. The Kier molecular flexibility index (Phi) is 8.82. The molecular formula is C21H24Cl3N3O4S. The van der Waals surface area contributed by atoms with Crippen LogP contribution in [0.15, 0.2) is 36.4 Å². The Bertz CT molecular complexity index is 1110. The number of likely N-dealkylation sites (N-methyl/N-ethyl adjacent to an activating group) is 1. The molecule has 0 saturated heterocycles. The average molecular weight is 521 g/mol. The fraction of sp³-hybridized carbons (Fsp3) is 0.333. The average Bonchev–Trinajstić information content (AvgIpc) is 2.72. The van der Waals surface area contributed by atoms with Gasteiger partial charge in [0.05, 0.1) is 11.9 Å². The Morgan fingerprint density at radius 3 is 2.09 bits per heavy atom. The van der Waals surface area contributed by atoms with Crippen LogP contribution in [0, 0.1) is 6.92 Å². The van der Waals surface area contributed by atoms with Crippen LogP contribution < -0.4 is 9.62 Å². The number of anilines is 1. The first-order valence-corrected chi connectivity index (χ1v) is 12.5. The van der Waals surface area contributed by atoms with Crippen LogP contribution in [0.5, 0.6) is 0 Å². The van der Waals surface area contributed by atoms with Crippen molar-refractivity contribution in [3.05, 3.63) is 62.6 Å². The predicted octanol–water partition coefficient (Wildman–Crippen LogP) is 3.88. The minimum Gasteiger partial charge on any atom is -0.357 e. The van der Waals surface area contributed by atoms with Gasteiger partial charge in [0.1, 0.15) is 12.6 Å². The summed E-state index contributed by atoms with van der Waals surface area (Å²) < 4.78 is 26.1. The molecule has 0 radical (unpaired) electrons. The molecule has 1 unspecified atom stereocenters.